The van der Waals surface area contributed by atoms with Gasteiger partial charge >= 0.3 is 0 Å². The van der Waals surface area contributed by atoms with Crippen LogP contribution in [0.15, 0.2) is 35.2 Å². The number of fused-ring (bicyclic) bond motifs is 1. The molecule has 33 heavy (non-hydrogen) atoms. The van der Waals surface area contributed by atoms with Crippen molar-refractivity contribution in [2.24, 2.45) is 0 Å². The van der Waals surface area contributed by atoms with Crippen LogP contribution < -0.4 is 10.6 Å². The molecule has 1 aliphatic heterocycles. The van der Waals surface area contributed by atoms with Gasteiger partial charge in [0.25, 0.3) is 11.8 Å². The van der Waals surface area contributed by atoms with Crippen molar-refractivity contribution >= 4 is 29.5 Å². The van der Waals surface area contributed by atoms with Crippen molar-refractivity contribution in [2.75, 3.05) is 19.8 Å². The van der Waals surface area contributed by atoms with E-state index in [-0.39, 0.29) is 36.0 Å². The molecular weight excluding hydrogens is 438 g/mol. The van der Waals surface area contributed by atoms with Crippen molar-refractivity contribution in [3.05, 3.63) is 47.3 Å². The van der Waals surface area contributed by atoms with Crippen LogP contribution in [0.4, 0.5) is 0 Å². The molecular formula is C24H31N5O3S. The van der Waals surface area contributed by atoms with E-state index in [4.69, 9.17) is 0 Å². The van der Waals surface area contributed by atoms with Gasteiger partial charge in [-0.2, -0.15) is 5.10 Å². The predicted molar refractivity (Wildman–Crippen MR) is 127 cm³/mol. The smallest absolute Gasteiger partial charge is 0.272 e. The molecule has 1 aromatic heterocycles. The molecule has 1 fully saturated rings. The van der Waals surface area contributed by atoms with Gasteiger partial charge in [-0.25, -0.2) is 0 Å². The van der Waals surface area contributed by atoms with Gasteiger partial charge in [-0.3, -0.25) is 19.1 Å². The molecule has 8 nitrogen and oxygen atoms in total. The highest BCUT2D eigenvalue weighted by Crippen LogP contribution is 2.27. The maximum atomic E-state index is 13.1. The van der Waals surface area contributed by atoms with E-state index in [1.54, 1.807) is 25.7 Å². The lowest BCUT2D eigenvalue weighted by atomic mass is 9.95. The number of hydrogen-bond donors (Lipinski definition) is 2. The highest BCUT2D eigenvalue weighted by atomic mass is 32.2. The van der Waals surface area contributed by atoms with Gasteiger partial charge in [0.2, 0.25) is 5.91 Å². The Labute approximate surface area is 198 Å². The van der Waals surface area contributed by atoms with Crippen LogP contribution in [-0.2, 0) is 17.8 Å². The molecule has 1 unspecified atom stereocenters. The topological polar surface area (TPSA) is 96.3 Å². The summed E-state index contributed by atoms with van der Waals surface area (Å²) in [6, 6.07) is 9.91. The van der Waals surface area contributed by atoms with E-state index in [0.29, 0.717) is 18.7 Å². The first kappa shape index (κ1) is 23.4. The van der Waals surface area contributed by atoms with Gasteiger partial charge in [0, 0.05) is 30.6 Å². The zero-order valence-electron chi connectivity index (χ0n) is 19.4. The number of nitrogens with one attached hydrogen (secondary N) is 2. The third-order valence-electron chi connectivity index (χ3n) is 6.77. The van der Waals surface area contributed by atoms with Crippen LogP contribution in [-0.4, -0.2) is 63.8 Å². The molecule has 2 aromatic rings. The highest BCUT2D eigenvalue weighted by molar-refractivity contribution is 7.98. The number of thioether (sulfide) groups is 1. The monoisotopic (exact) mass is 469 g/mol. The molecule has 0 radical (unpaired) electrons. The van der Waals surface area contributed by atoms with Crippen molar-refractivity contribution in [2.45, 2.75) is 62.0 Å². The van der Waals surface area contributed by atoms with Crippen LogP contribution in [0, 0.1) is 0 Å². The quantitative estimate of drug-likeness (QED) is 0.608. The Kier molecular flexibility index (Phi) is 6.78. The number of amides is 3. The maximum Gasteiger partial charge on any atom is 0.272 e. The van der Waals surface area contributed by atoms with Crippen molar-refractivity contribution in [1.29, 1.82) is 0 Å². The zero-order valence-corrected chi connectivity index (χ0v) is 20.2. The Bertz CT molecular complexity index is 1040. The normalized spacial score (nSPS) is 20.6. The van der Waals surface area contributed by atoms with Crippen LogP contribution in [0.5, 0.6) is 0 Å². The van der Waals surface area contributed by atoms with Crippen LogP contribution in [0.2, 0.25) is 0 Å². The SMILES string of the molecule is CSc1ccc(CCNC(=O)c2cc3n(n2)CC(C)(C(=O)NC2CCCC2)N(C)C3=O)cc1. The number of carbonyl (C=O) groups is 3. The number of nitrogens with zero attached hydrogens (tertiary/aromatic N) is 3. The maximum absolute atomic E-state index is 13.1. The summed E-state index contributed by atoms with van der Waals surface area (Å²) in [5, 5.41) is 10.3. The average molecular weight is 470 g/mol. The summed E-state index contributed by atoms with van der Waals surface area (Å²) in [6.45, 7) is 2.43. The molecule has 1 aromatic carbocycles. The van der Waals surface area contributed by atoms with Gasteiger partial charge in [0.05, 0.1) is 6.54 Å². The Hall–Kier alpha value is -2.81. The van der Waals surface area contributed by atoms with Crippen molar-refractivity contribution in [3.63, 3.8) is 0 Å². The highest BCUT2D eigenvalue weighted by Gasteiger charge is 2.46. The van der Waals surface area contributed by atoms with Gasteiger partial charge in [-0.1, -0.05) is 25.0 Å². The molecule has 1 atom stereocenters. The minimum atomic E-state index is -1.06. The molecule has 2 aliphatic rings. The third-order valence-corrected chi connectivity index (χ3v) is 7.52. The van der Waals surface area contributed by atoms with Gasteiger partial charge in [0.15, 0.2) is 5.69 Å². The Balaban J connectivity index is 1.41. The molecule has 9 heteroatoms. The lowest BCUT2D eigenvalue weighted by Gasteiger charge is -2.41. The molecule has 0 saturated heterocycles. The Morgan fingerprint density at radius 3 is 2.58 bits per heavy atom. The fraction of sp³-hybridized carbons (Fsp3) is 0.500. The van der Waals surface area contributed by atoms with Gasteiger partial charge in [-0.15, -0.1) is 11.8 Å². The zero-order chi connectivity index (χ0) is 23.6. The van der Waals surface area contributed by atoms with E-state index in [0.717, 1.165) is 31.2 Å². The van der Waals surface area contributed by atoms with Crippen molar-refractivity contribution in [1.82, 2.24) is 25.3 Å². The second kappa shape index (κ2) is 9.59. The van der Waals surface area contributed by atoms with Crippen molar-refractivity contribution in [3.8, 4) is 0 Å². The molecule has 2 N–H and O–H groups in total. The fourth-order valence-electron chi connectivity index (χ4n) is 4.45. The molecule has 2 heterocycles. The largest absolute Gasteiger partial charge is 0.351 e. The molecule has 0 bridgehead atoms. The Morgan fingerprint density at radius 2 is 1.91 bits per heavy atom. The first-order chi connectivity index (χ1) is 15.8. The van der Waals surface area contributed by atoms with Gasteiger partial charge < -0.3 is 15.5 Å². The second-order valence-electron chi connectivity index (χ2n) is 9.02. The number of rotatable bonds is 7. The fourth-order valence-corrected chi connectivity index (χ4v) is 4.86. The van der Waals surface area contributed by atoms with E-state index < -0.39 is 5.54 Å². The average Bonchev–Trinajstić information content (AvgIpc) is 3.48. The van der Waals surface area contributed by atoms with E-state index in [1.165, 1.54) is 20.5 Å². The van der Waals surface area contributed by atoms with E-state index in [9.17, 15) is 14.4 Å². The Morgan fingerprint density at radius 1 is 1.21 bits per heavy atom. The predicted octanol–water partition coefficient (Wildman–Crippen LogP) is 2.48. The van der Waals surface area contributed by atoms with Crippen LogP contribution >= 0.6 is 11.8 Å². The van der Waals surface area contributed by atoms with Gasteiger partial charge in [0.1, 0.15) is 11.2 Å². The van der Waals surface area contributed by atoms with Crippen molar-refractivity contribution < 1.29 is 14.4 Å². The van der Waals surface area contributed by atoms with Crippen LogP contribution in [0.3, 0.4) is 0 Å². The first-order valence-corrected chi connectivity index (χ1v) is 12.6. The summed E-state index contributed by atoms with van der Waals surface area (Å²) in [5.41, 5.74) is 0.583. The standard InChI is InChI=1S/C24H31N5O3S/c1-24(23(32)26-17-6-4-5-7-17)15-29-20(22(31)28(24)2)14-19(27-29)21(30)25-13-12-16-8-10-18(33-3)11-9-16/h8-11,14,17H,4-7,12-13,15H2,1-3H3,(H,25,30)(H,26,32). The van der Waals surface area contributed by atoms with E-state index >= 15 is 0 Å². The van der Waals surface area contributed by atoms with Gasteiger partial charge in [-0.05, 0) is 50.1 Å². The molecule has 4 rings (SSSR count). The molecule has 1 aliphatic carbocycles. The minimum absolute atomic E-state index is 0.162. The summed E-state index contributed by atoms with van der Waals surface area (Å²) in [6.07, 6.45) is 6.90. The lowest BCUT2D eigenvalue weighted by Crippen LogP contribution is -2.63. The molecule has 0 spiro atoms. The molecule has 176 valence electrons. The lowest BCUT2D eigenvalue weighted by molar-refractivity contribution is -0.133. The van der Waals surface area contributed by atoms with E-state index in [1.807, 2.05) is 6.26 Å². The van der Waals surface area contributed by atoms with Crippen LogP contribution in [0.1, 0.15) is 59.1 Å². The van der Waals surface area contributed by atoms with Crippen LogP contribution in [0.25, 0.3) is 0 Å². The summed E-state index contributed by atoms with van der Waals surface area (Å²) in [4.78, 5) is 41.4. The van der Waals surface area contributed by atoms with E-state index in [2.05, 4.69) is 40.0 Å². The summed E-state index contributed by atoms with van der Waals surface area (Å²) in [5.74, 6) is -0.819. The number of aromatic nitrogens is 2. The number of hydrogen-bond acceptors (Lipinski definition) is 5. The second-order valence-corrected chi connectivity index (χ2v) is 9.90. The summed E-state index contributed by atoms with van der Waals surface area (Å²) in [7, 11) is 1.63. The number of likely N-dealkylation sites (N-methyl/N-ethyl adjacent to an activating group) is 1. The summed E-state index contributed by atoms with van der Waals surface area (Å²) < 4.78 is 1.49. The summed E-state index contributed by atoms with van der Waals surface area (Å²) >= 11 is 1.69. The molecule has 3 amide bonds. The number of carbonyl (C=O) groups excluding carboxylic acids is 3. The number of benzene rings is 1. The first-order valence-electron chi connectivity index (χ1n) is 11.4. The molecule has 1 saturated carbocycles. The third kappa shape index (κ3) is 4.78. The minimum Gasteiger partial charge on any atom is -0.351 e.